The lowest BCUT2D eigenvalue weighted by molar-refractivity contribution is 0.669. The van der Waals surface area contributed by atoms with E-state index in [0.29, 0.717) is 0 Å². The lowest BCUT2D eigenvalue weighted by Gasteiger charge is -2.27. The lowest BCUT2D eigenvalue weighted by atomic mass is 9.90. The molecule has 0 N–H and O–H groups in total. The molecule has 52 heavy (non-hydrogen) atoms. The minimum Gasteiger partial charge on any atom is -0.456 e. The third-order valence-corrected chi connectivity index (χ3v) is 10.3. The van der Waals surface area contributed by atoms with Gasteiger partial charge in [0.25, 0.3) is 0 Å². The van der Waals surface area contributed by atoms with Crippen LogP contribution in [0.25, 0.3) is 76.9 Å². The predicted octanol–water partition coefficient (Wildman–Crippen LogP) is 14.4. The molecule has 1 aromatic heterocycles. The molecule has 0 fully saturated rings. The summed E-state index contributed by atoms with van der Waals surface area (Å²) in [4.78, 5) is 2.35. The Bertz CT molecular complexity index is 2880. The molecular formula is C50H33NO. The molecule has 9 aromatic carbocycles. The van der Waals surface area contributed by atoms with Crippen LogP contribution in [0.4, 0.5) is 17.1 Å². The van der Waals surface area contributed by atoms with E-state index in [1.54, 1.807) is 0 Å². The Morgan fingerprint density at radius 3 is 1.73 bits per heavy atom. The van der Waals surface area contributed by atoms with Gasteiger partial charge in [0.2, 0.25) is 0 Å². The van der Waals surface area contributed by atoms with Crippen LogP contribution in [0.2, 0.25) is 0 Å². The number of rotatable bonds is 6. The van der Waals surface area contributed by atoms with Crippen LogP contribution < -0.4 is 4.90 Å². The zero-order valence-electron chi connectivity index (χ0n) is 28.4. The van der Waals surface area contributed by atoms with E-state index in [2.05, 4.69) is 205 Å². The fourth-order valence-electron chi connectivity index (χ4n) is 7.78. The summed E-state index contributed by atoms with van der Waals surface area (Å²) < 4.78 is 6.29. The van der Waals surface area contributed by atoms with Crippen LogP contribution in [0.15, 0.2) is 205 Å². The zero-order valence-corrected chi connectivity index (χ0v) is 28.4. The third kappa shape index (κ3) is 5.12. The summed E-state index contributed by atoms with van der Waals surface area (Å²) >= 11 is 0. The van der Waals surface area contributed by atoms with Crippen LogP contribution in [0.1, 0.15) is 0 Å². The van der Waals surface area contributed by atoms with Crippen molar-refractivity contribution < 1.29 is 4.42 Å². The van der Waals surface area contributed by atoms with Gasteiger partial charge >= 0.3 is 0 Å². The molecule has 0 amide bonds. The molecule has 10 rings (SSSR count). The molecular weight excluding hydrogens is 631 g/mol. The van der Waals surface area contributed by atoms with E-state index >= 15 is 0 Å². The lowest BCUT2D eigenvalue weighted by Crippen LogP contribution is -2.10. The van der Waals surface area contributed by atoms with Gasteiger partial charge in [-0.2, -0.15) is 0 Å². The van der Waals surface area contributed by atoms with Crippen LogP contribution in [0.3, 0.4) is 0 Å². The van der Waals surface area contributed by atoms with Crippen LogP contribution >= 0.6 is 0 Å². The van der Waals surface area contributed by atoms with E-state index in [1.807, 2.05) is 0 Å². The number of hydrogen-bond donors (Lipinski definition) is 0. The summed E-state index contributed by atoms with van der Waals surface area (Å²) in [5.41, 5.74) is 12.3. The molecule has 0 saturated carbocycles. The predicted molar refractivity (Wildman–Crippen MR) is 220 cm³/mol. The van der Waals surface area contributed by atoms with E-state index in [4.69, 9.17) is 4.42 Å². The standard InChI is InChI=1S/C50H33NO/c1-3-12-36(13-4-1)46-33-41(28-29-45(46)44-21-11-16-35-14-7-9-19-42(35)44)51(39-17-5-2-6-18-39)40-26-22-34(23-27-40)38-25-30-48-47(32-38)50-43-20-10-8-15-37(43)24-31-49(50)52-48/h1-33H. The normalized spacial score (nSPS) is 11.5. The van der Waals surface area contributed by atoms with Gasteiger partial charge in [-0.15, -0.1) is 0 Å². The molecule has 0 spiro atoms. The van der Waals surface area contributed by atoms with Gasteiger partial charge in [-0.1, -0.05) is 146 Å². The highest BCUT2D eigenvalue weighted by Gasteiger charge is 2.18. The van der Waals surface area contributed by atoms with Crippen molar-refractivity contribution in [2.75, 3.05) is 4.90 Å². The van der Waals surface area contributed by atoms with Gasteiger partial charge in [0, 0.05) is 27.8 Å². The topological polar surface area (TPSA) is 16.4 Å². The minimum atomic E-state index is 0.906. The average Bonchev–Trinajstić information content (AvgIpc) is 3.60. The van der Waals surface area contributed by atoms with Gasteiger partial charge in [0.15, 0.2) is 0 Å². The maximum absolute atomic E-state index is 6.29. The molecule has 0 atom stereocenters. The summed E-state index contributed by atoms with van der Waals surface area (Å²) in [6.45, 7) is 0. The SMILES string of the molecule is c1ccc(-c2cc(N(c3ccccc3)c3ccc(-c4ccc5oc6ccc7ccccc7c6c5c4)cc3)ccc2-c2cccc3ccccc23)cc1. The number of fused-ring (bicyclic) bond motifs is 6. The van der Waals surface area contributed by atoms with Gasteiger partial charge in [-0.25, -0.2) is 0 Å². The number of para-hydroxylation sites is 1. The van der Waals surface area contributed by atoms with Gasteiger partial charge in [0.05, 0.1) is 0 Å². The highest BCUT2D eigenvalue weighted by Crippen LogP contribution is 2.43. The maximum Gasteiger partial charge on any atom is 0.136 e. The summed E-state index contributed by atoms with van der Waals surface area (Å²) in [5.74, 6) is 0. The van der Waals surface area contributed by atoms with Crippen molar-refractivity contribution in [1.29, 1.82) is 0 Å². The Balaban J connectivity index is 1.09. The Morgan fingerprint density at radius 2 is 0.923 bits per heavy atom. The highest BCUT2D eigenvalue weighted by molar-refractivity contribution is 6.19. The summed E-state index contributed by atoms with van der Waals surface area (Å²) in [7, 11) is 0. The largest absolute Gasteiger partial charge is 0.456 e. The fraction of sp³-hybridized carbons (Fsp3) is 0. The van der Waals surface area contributed by atoms with Crippen molar-refractivity contribution in [3.8, 4) is 33.4 Å². The van der Waals surface area contributed by atoms with Crippen LogP contribution in [-0.4, -0.2) is 0 Å². The minimum absolute atomic E-state index is 0.906. The molecule has 0 radical (unpaired) electrons. The smallest absolute Gasteiger partial charge is 0.136 e. The Kier molecular flexibility index (Phi) is 7.18. The van der Waals surface area contributed by atoms with Crippen molar-refractivity contribution in [1.82, 2.24) is 0 Å². The molecule has 2 nitrogen and oxygen atoms in total. The van der Waals surface area contributed by atoms with Crippen molar-refractivity contribution in [3.63, 3.8) is 0 Å². The summed E-state index contributed by atoms with van der Waals surface area (Å²) in [5, 5.41) is 7.23. The number of nitrogens with zero attached hydrogens (tertiary/aromatic N) is 1. The first kappa shape index (κ1) is 30.0. The summed E-state index contributed by atoms with van der Waals surface area (Å²) in [6, 6.07) is 71.7. The van der Waals surface area contributed by atoms with Crippen molar-refractivity contribution in [2.24, 2.45) is 0 Å². The van der Waals surface area contributed by atoms with Gasteiger partial charge < -0.3 is 9.32 Å². The van der Waals surface area contributed by atoms with E-state index in [1.165, 1.54) is 49.2 Å². The average molecular weight is 664 g/mol. The van der Waals surface area contributed by atoms with E-state index in [9.17, 15) is 0 Å². The van der Waals surface area contributed by atoms with E-state index in [-0.39, 0.29) is 0 Å². The second kappa shape index (κ2) is 12.5. The highest BCUT2D eigenvalue weighted by atomic mass is 16.3. The second-order valence-corrected chi connectivity index (χ2v) is 13.3. The molecule has 1 heterocycles. The van der Waals surface area contributed by atoms with Crippen molar-refractivity contribution in [3.05, 3.63) is 200 Å². The quantitative estimate of drug-likeness (QED) is 0.176. The Morgan fingerprint density at radius 1 is 0.308 bits per heavy atom. The van der Waals surface area contributed by atoms with Gasteiger partial charge in [-0.05, 0) is 110 Å². The maximum atomic E-state index is 6.29. The van der Waals surface area contributed by atoms with Crippen LogP contribution in [-0.2, 0) is 0 Å². The number of furan rings is 1. The first-order chi connectivity index (χ1) is 25.8. The zero-order chi connectivity index (χ0) is 34.4. The van der Waals surface area contributed by atoms with Crippen LogP contribution in [0, 0.1) is 0 Å². The molecule has 0 aliphatic rings. The fourth-order valence-corrected chi connectivity index (χ4v) is 7.78. The molecule has 0 aliphatic heterocycles. The molecule has 0 saturated heterocycles. The number of hydrogen-bond acceptors (Lipinski definition) is 2. The van der Waals surface area contributed by atoms with Gasteiger partial charge in [0.1, 0.15) is 11.2 Å². The molecule has 244 valence electrons. The Labute approximate surface area is 302 Å². The molecule has 10 aromatic rings. The number of benzene rings is 9. The first-order valence-electron chi connectivity index (χ1n) is 17.8. The van der Waals surface area contributed by atoms with E-state index in [0.717, 1.165) is 44.7 Å². The van der Waals surface area contributed by atoms with Crippen molar-refractivity contribution >= 4 is 60.5 Å². The second-order valence-electron chi connectivity index (χ2n) is 13.3. The first-order valence-corrected chi connectivity index (χ1v) is 17.8. The van der Waals surface area contributed by atoms with Crippen LogP contribution in [0.5, 0.6) is 0 Å². The molecule has 2 heteroatoms. The molecule has 0 unspecified atom stereocenters. The Hall–Kier alpha value is -6.90. The van der Waals surface area contributed by atoms with Gasteiger partial charge in [-0.3, -0.25) is 0 Å². The van der Waals surface area contributed by atoms with Crippen molar-refractivity contribution in [2.45, 2.75) is 0 Å². The monoisotopic (exact) mass is 663 g/mol. The van der Waals surface area contributed by atoms with E-state index < -0.39 is 0 Å². The summed E-state index contributed by atoms with van der Waals surface area (Å²) in [6.07, 6.45) is 0. The third-order valence-electron chi connectivity index (χ3n) is 10.3. The molecule has 0 bridgehead atoms. The molecule has 0 aliphatic carbocycles. The number of anilines is 3.